The van der Waals surface area contributed by atoms with Gasteiger partial charge in [0.2, 0.25) is 11.6 Å². The van der Waals surface area contributed by atoms with E-state index in [0.29, 0.717) is 11.5 Å². The fourth-order valence-corrected chi connectivity index (χ4v) is 9.75. The Hall–Kier alpha value is -7.04. The predicted molar refractivity (Wildman–Crippen MR) is 271 cm³/mol. The van der Waals surface area contributed by atoms with E-state index >= 15 is 19.2 Å². The van der Waals surface area contributed by atoms with Crippen molar-refractivity contribution in [3.05, 3.63) is 201 Å². The summed E-state index contributed by atoms with van der Waals surface area (Å²) in [6.45, 7) is 0. The molecule has 0 amide bonds. The first-order chi connectivity index (χ1) is 33.8. The summed E-state index contributed by atoms with van der Waals surface area (Å²) in [5, 5.41) is 33.6. The molecule has 2 aromatic heterocycles. The van der Waals surface area contributed by atoms with E-state index in [1.54, 1.807) is 40.3 Å². The van der Waals surface area contributed by atoms with Crippen LogP contribution in [0.15, 0.2) is 181 Å². The highest BCUT2D eigenvalue weighted by molar-refractivity contribution is 7.10. The van der Waals surface area contributed by atoms with Gasteiger partial charge in [0.25, 0.3) is 11.2 Å². The molecule has 0 spiro atoms. The number of aliphatic hydroxyl groups is 2. The van der Waals surface area contributed by atoms with Crippen LogP contribution in [0.5, 0.6) is 11.5 Å². The summed E-state index contributed by atoms with van der Waals surface area (Å²) in [6, 6.07) is 48.4. The van der Waals surface area contributed by atoms with Crippen molar-refractivity contribution in [1.29, 1.82) is 0 Å². The molecule has 8 rings (SSSR count). The van der Waals surface area contributed by atoms with Crippen LogP contribution >= 0.6 is 22.7 Å². The number of benzene rings is 6. The van der Waals surface area contributed by atoms with Crippen LogP contribution in [0.4, 0.5) is 0 Å². The third-order valence-corrected chi connectivity index (χ3v) is 14.0. The Morgan fingerprint density at radius 1 is 0.471 bits per heavy atom. The Balaban J connectivity index is 1.18. The van der Waals surface area contributed by atoms with Crippen molar-refractivity contribution in [2.75, 3.05) is 28.2 Å². The highest BCUT2D eigenvalue weighted by Crippen LogP contribution is 2.39. The smallest absolute Gasteiger partial charge is 0.352 e. The van der Waals surface area contributed by atoms with Crippen LogP contribution in [-0.2, 0) is 19.1 Å². The largest absolute Gasteiger partial charge is 0.484 e. The molecule has 0 saturated carbocycles. The Morgan fingerprint density at radius 3 is 1.19 bits per heavy atom. The number of thiophene rings is 2. The highest BCUT2D eigenvalue weighted by Gasteiger charge is 2.71. The quantitative estimate of drug-likeness (QED) is 0.0305. The molecule has 0 bridgehead atoms. The molecule has 0 saturated heterocycles. The van der Waals surface area contributed by atoms with Crippen molar-refractivity contribution >= 4 is 67.7 Å². The lowest BCUT2D eigenvalue weighted by atomic mass is 9.73. The van der Waals surface area contributed by atoms with Gasteiger partial charge in [0.05, 0.1) is 0 Å². The molecule has 358 valence electrons. The standard InChI is InChI=1S/C56H52N2O10S2/c1-57(2)49(35-45(47-31-17-33-69-47)65-43-29-15-25-37-19-11-13-27-41(37)43)67-53(61)55(63,51(59)39-21-7-5-8-22-39)56(64,52(60)40-23-9-6-10-24-40)54(62)68-50(58(3)4)36-46(48-32-18-34-70-48)66-44-30-16-26-38-20-12-14-28-42(38)44/h5-34,45-46,49-50,63-64H,35-36H2,1-4H3/t45-,46-,49?,50?,55?,56?/m1/s1. The first-order valence-corrected chi connectivity index (χ1v) is 24.3. The van der Waals surface area contributed by atoms with Crippen LogP contribution in [0, 0.1) is 0 Å². The van der Waals surface area contributed by atoms with Crippen molar-refractivity contribution in [3.8, 4) is 11.5 Å². The molecule has 2 N–H and O–H groups in total. The maximum atomic E-state index is 15.2. The molecule has 6 atom stereocenters. The highest BCUT2D eigenvalue weighted by atomic mass is 32.1. The van der Waals surface area contributed by atoms with Gasteiger partial charge >= 0.3 is 11.9 Å². The fourth-order valence-electron chi connectivity index (χ4n) is 8.22. The molecule has 8 aromatic rings. The van der Waals surface area contributed by atoms with Gasteiger partial charge in [-0.15, -0.1) is 22.7 Å². The van der Waals surface area contributed by atoms with Crippen molar-refractivity contribution in [2.24, 2.45) is 0 Å². The molecule has 14 heteroatoms. The average Bonchev–Trinajstić information content (AvgIpc) is 4.14. The second-order valence-electron chi connectivity index (χ2n) is 17.1. The zero-order valence-electron chi connectivity index (χ0n) is 38.9. The second kappa shape index (κ2) is 21.7. The number of ether oxygens (including phenoxy) is 4. The van der Waals surface area contributed by atoms with Gasteiger partial charge in [-0.3, -0.25) is 19.4 Å². The monoisotopic (exact) mass is 976 g/mol. The molecular weight excluding hydrogens is 925 g/mol. The Bertz CT molecular complexity index is 2840. The molecule has 0 radical (unpaired) electrons. The van der Waals surface area contributed by atoms with Crippen molar-refractivity contribution in [1.82, 2.24) is 9.80 Å². The normalized spacial score (nSPS) is 15.0. The van der Waals surface area contributed by atoms with Crippen molar-refractivity contribution < 1.29 is 48.3 Å². The molecule has 12 nitrogen and oxygen atoms in total. The molecule has 6 aromatic carbocycles. The van der Waals surface area contributed by atoms with Gasteiger partial charge in [0.15, 0.2) is 12.5 Å². The van der Waals surface area contributed by atoms with Gasteiger partial charge in [0, 0.05) is 44.5 Å². The summed E-state index contributed by atoms with van der Waals surface area (Å²) >= 11 is 2.82. The number of carbonyl (C=O) groups is 4. The summed E-state index contributed by atoms with van der Waals surface area (Å²) in [5.41, 5.74) is -8.52. The van der Waals surface area contributed by atoms with Crippen LogP contribution in [-0.4, -0.2) is 95.4 Å². The summed E-state index contributed by atoms with van der Waals surface area (Å²) < 4.78 is 25.6. The van der Waals surface area contributed by atoms with Crippen LogP contribution in [0.2, 0.25) is 0 Å². The lowest BCUT2D eigenvalue weighted by Gasteiger charge is -2.40. The third kappa shape index (κ3) is 10.3. The maximum absolute atomic E-state index is 15.2. The van der Waals surface area contributed by atoms with Crippen LogP contribution in [0.1, 0.15) is 55.5 Å². The molecule has 2 heterocycles. The van der Waals surface area contributed by atoms with Crippen LogP contribution in [0.25, 0.3) is 21.5 Å². The van der Waals surface area contributed by atoms with E-state index in [2.05, 4.69) is 0 Å². The van der Waals surface area contributed by atoms with Gasteiger partial charge < -0.3 is 29.2 Å². The minimum Gasteiger partial charge on any atom is -0.484 e. The Kier molecular flexibility index (Phi) is 15.3. The average molecular weight is 977 g/mol. The molecule has 70 heavy (non-hydrogen) atoms. The van der Waals surface area contributed by atoms with Gasteiger partial charge in [-0.2, -0.15) is 0 Å². The van der Waals surface area contributed by atoms with Crippen molar-refractivity contribution in [2.45, 2.75) is 48.7 Å². The predicted octanol–water partition coefficient (Wildman–Crippen LogP) is 9.93. The molecule has 0 fully saturated rings. The molecule has 0 aliphatic carbocycles. The minimum absolute atomic E-state index is 0.0723. The van der Waals surface area contributed by atoms with Gasteiger partial charge in [-0.25, -0.2) is 9.59 Å². The number of esters is 2. The summed E-state index contributed by atoms with van der Waals surface area (Å²) in [4.78, 5) is 65.2. The van der Waals surface area contributed by atoms with E-state index in [1.165, 1.54) is 81.0 Å². The van der Waals surface area contributed by atoms with Crippen LogP contribution in [0.3, 0.4) is 0 Å². The molecule has 4 unspecified atom stereocenters. The summed E-state index contributed by atoms with van der Waals surface area (Å²) in [7, 11) is 6.45. The first-order valence-electron chi connectivity index (χ1n) is 22.5. The SMILES string of the molecule is CN(C)C(C[C@@H](Oc1cccc2ccccc12)c1cccs1)OC(=O)C(O)(C(=O)c1ccccc1)C(O)(C(=O)OC(C[C@@H](Oc1cccc2ccccc12)c1cccs1)N(C)C)C(=O)c1ccccc1. The number of Topliss-reactive ketones (excluding diaryl/α,β-unsaturated/α-hetero) is 2. The fraction of sp³-hybridized carbons (Fsp3) is 0.214. The molecule has 0 aliphatic rings. The van der Waals surface area contributed by atoms with E-state index in [9.17, 15) is 10.2 Å². The third-order valence-electron chi connectivity index (χ3n) is 12.1. The number of fused-ring (bicyclic) bond motifs is 2. The van der Waals surface area contributed by atoms with E-state index < -0.39 is 59.4 Å². The number of carbonyl (C=O) groups excluding carboxylic acids is 4. The zero-order chi connectivity index (χ0) is 49.4. The van der Waals surface area contributed by atoms with Gasteiger partial charge in [-0.1, -0.05) is 146 Å². The van der Waals surface area contributed by atoms with Gasteiger partial charge in [0.1, 0.15) is 23.7 Å². The zero-order valence-corrected chi connectivity index (χ0v) is 40.5. The topological polar surface area (TPSA) is 152 Å². The van der Waals surface area contributed by atoms with E-state index in [0.717, 1.165) is 31.3 Å². The minimum atomic E-state index is -3.95. The number of hydrogen-bond acceptors (Lipinski definition) is 14. The number of hydrogen-bond donors (Lipinski definition) is 2. The lowest BCUT2D eigenvalue weighted by molar-refractivity contribution is -0.208. The molecular formula is C56H52N2O10S2. The van der Waals surface area contributed by atoms with Crippen molar-refractivity contribution in [3.63, 3.8) is 0 Å². The Morgan fingerprint density at radius 2 is 0.829 bits per heavy atom. The maximum Gasteiger partial charge on any atom is 0.352 e. The number of ketones is 2. The molecule has 0 aliphatic heterocycles. The van der Waals surface area contributed by atoms with E-state index in [4.69, 9.17) is 18.9 Å². The Labute approximate surface area is 413 Å². The first kappa shape index (κ1) is 49.4. The summed E-state index contributed by atoms with van der Waals surface area (Å²) in [5.74, 6) is -5.43. The van der Waals surface area contributed by atoms with E-state index in [-0.39, 0.29) is 24.0 Å². The number of rotatable bonds is 21. The lowest BCUT2D eigenvalue weighted by Crippen LogP contribution is -2.73. The second-order valence-corrected chi connectivity index (χ2v) is 19.1. The number of nitrogens with zero attached hydrogens (tertiary/aromatic N) is 2. The van der Waals surface area contributed by atoms with Crippen LogP contribution < -0.4 is 9.47 Å². The summed E-state index contributed by atoms with van der Waals surface area (Å²) in [6.07, 6.45) is -4.24. The van der Waals surface area contributed by atoms with E-state index in [1.807, 2.05) is 120 Å². The van der Waals surface area contributed by atoms with Gasteiger partial charge in [-0.05, 0) is 74.0 Å².